The van der Waals surface area contributed by atoms with Gasteiger partial charge >= 0.3 is 6.09 Å². The molecule has 8 heteroatoms. The average Bonchev–Trinajstić information content (AvgIpc) is 3.05. The van der Waals surface area contributed by atoms with E-state index in [2.05, 4.69) is 24.5 Å². The van der Waals surface area contributed by atoms with Crippen molar-refractivity contribution in [2.45, 2.75) is 77.9 Å². The molecule has 0 spiro atoms. The van der Waals surface area contributed by atoms with Crippen LogP contribution in [0.4, 0.5) is 4.79 Å². The molecule has 0 bridgehead atoms. The van der Waals surface area contributed by atoms with Crippen LogP contribution in [0.15, 0.2) is 4.99 Å². The molecule has 7 nitrogen and oxygen atoms in total. The molecule has 2 N–H and O–H groups in total. The highest BCUT2D eigenvalue weighted by atomic mass is 127. The van der Waals surface area contributed by atoms with E-state index in [1.165, 1.54) is 0 Å². The second-order valence-corrected chi connectivity index (χ2v) is 9.25. The first-order valence-corrected chi connectivity index (χ1v) is 10.8. The molecular formula is C21H41IN4O3. The maximum atomic E-state index is 12.3. The lowest BCUT2D eigenvalue weighted by molar-refractivity contribution is 0.0162. The fourth-order valence-electron chi connectivity index (χ4n) is 3.74. The highest BCUT2D eigenvalue weighted by Gasteiger charge is 2.30. The van der Waals surface area contributed by atoms with Crippen molar-refractivity contribution in [3.8, 4) is 0 Å². The topological polar surface area (TPSA) is 75.2 Å². The number of carbonyl (C=O) groups is 1. The number of amides is 1. The monoisotopic (exact) mass is 524 g/mol. The van der Waals surface area contributed by atoms with Crippen LogP contribution in [0.3, 0.4) is 0 Å². The van der Waals surface area contributed by atoms with Crippen molar-refractivity contribution in [2.24, 2.45) is 10.9 Å². The summed E-state index contributed by atoms with van der Waals surface area (Å²) in [7, 11) is 0. The van der Waals surface area contributed by atoms with Gasteiger partial charge in [-0.1, -0.05) is 0 Å². The first-order valence-electron chi connectivity index (χ1n) is 10.8. The van der Waals surface area contributed by atoms with Gasteiger partial charge in [-0.3, -0.25) is 4.99 Å². The Morgan fingerprint density at radius 3 is 2.69 bits per heavy atom. The minimum absolute atomic E-state index is 0. The number of hydrogen-bond donors (Lipinski definition) is 2. The molecule has 0 radical (unpaired) electrons. The third kappa shape index (κ3) is 9.72. The molecule has 170 valence electrons. The molecule has 2 fully saturated rings. The summed E-state index contributed by atoms with van der Waals surface area (Å²) in [4.78, 5) is 18.9. The van der Waals surface area contributed by atoms with Crippen LogP contribution in [0.5, 0.6) is 0 Å². The molecule has 0 aliphatic carbocycles. The van der Waals surface area contributed by atoms with Crippen molar-refractivity contribution < 1.29 is 14.3 Å². The van der Waals surface area contributed by atoms with E-state index in [4.69, 9.17) is 14.5 Å². The second-order valence-electron chi connectivity index (χ2n) is 9.25. The third-order valence-electron chi connectivity index (χ3n) is 5.23. The molecule has 0 aromatic rings. The number of aliphatic imine (C=N–C) groups is 1. The smallest absolute Gasteiger partial charge is 0.410 e. The van der Waals surface area contributed by atoms with Gasteiger partial charge in [0.1, 0.15) is 5.60 Å². The zero-order valence-corrected chi connectivity index (χ0v) is 21.2. The van der Waals surface area contributed by atoms with Crippen LogP contribution in [-0.2, 0) is 9.47 Å². The Labute approximate surface area is 193 Å². The molecule has 0 aromatic heterocycles. The Morgan fingerprint density at radius 1 is 1.31 bits per heavy atom. The molecule has 29 heavy (non-hydrogen) atoms. The summed E-state index contributed by atoms with van der Waals surface area (Å²) < 4.78 is 11.3. The highest BCUT2D eigenvalue weighted by molar-refractivity contribution is 14.0. The Bertz CT molecular complexity index is 531. The number of rotatable bonds is 6. The van der Waals surface area contributed by atoms with Gasteiger partial charge in [0.15, 0.2) is 5.96 Å². The van der Waals surface area contributed by atoms with E-state index in [0.29, 0.717) is 12.5 Å². The zero-order valence-electron chi connectivity index (χ0n) is 18.9. The number of guanidine groups is 1. The molecule has 2 atom stereocenters. The highest BCUT2D eigenvalue weighted by Crippen LogP contribution is 2.25. The van der Waals surface area contributed by atoms with E-state index in [9.17, 15) is 4.79 Å². The van der Waals surface area contributed by atoms with Gasteiger partial charge in [-0.25, -0.2) is 4.79 Å². The lowest BCUT2D eigenvalue weighted by atomic mass is 9.95. The Hall–Kier alpha value is -0.770. The fraction of sp³-hybridized carbons (Fsp3) is 0.905. The van der Waals surface area contributed by atoms with Gasteiger partial charge in [-0.2, -0.15) is 0 Å². The quantitative estimate of drug-likeness (QED) is 0.315. The normalized spacial score (nSPS) is 25.3. The number of piperidine rings is 1. The summed E-state index contributed by atoms with van der Waals surface area (Å²) >= 11 is 0. The first-order chi connectivity index (χ1) is 13.2. The van der Waals surface area contributed by atoms with Gasteiger partial charge in [0.05, 0.1) is 12.1 Å². The molecule has 2 aliphatic heterocycles. The second kappa shape index (κ2) is 12.2. The summed E-state index contributed by atoms with van der Waals surface area (Å²) in [5.41, 5.74) is -0.567. The van der Waals surface area contributed by atoms with E-state index in [1.54, 1.807) is 0 Å². The largest absolute Gasteiger partial charge is 0.444 e. The van der Waals surface area contributed by atoms with Crippen LogP contribution in [-0.4, -0.2) is 67.5 Å². The van der Waals surface area contributed by atoms with E-state index >= 15 is 0 Å². The van der Waals surface area contributed by atoms with E-state index in [-0.39, 0.29) is 35.7 Å². The van der Waals surface area contributed by atoms with Crippen molar-refractivity contribution >= 4 is 36.0 Å². The zero-order chi connectivity index (χ0) is 20.6. The lowest BCUT2D eigenvalue weighted by Crippen LogP contribution is -2.44. The van der Waals surface area contributed by atoms with E-state index in [1.807, 2.05) is 25.7 Å². The van der Waals surface area contributed by atoms with Gasteiger partial charge in [0.2, 0.25) is 0 Å². The first kappa shape index (κ1) is 26.3. The van der Waals surface area contributed by atoms with Gasteiger partial charge in [-0.15, -0.1) is 24.0 Å². The summed E-state index contributed by atoms with van der Waals surface area (Å²) in [6, 6.07) is 0. The Morgan fingerprint density at radius 2 is 2.07 bits per heavy atom. The van der Waals surface area contributed by atoms with Crippen LogP contribution in [0, 0.1) is 5.92 Å². The Kier molecular flexibility index (Phi) is 11.0. The van der Waals surface area contributed by atoms with Crippen molar-refractivity contribution in [2.75, 3.05) is 39.3 Å². The van der Waals surface area contributed by atoms with Crippen LogP contribution in [0.1, 0.15) is 66.7 Å². The molecular weight excluding hydrogens is 483 g/mol. The molecule has 2 saturated heterocycles. The number of nitrogens with zero attached hydrogens (tertiary/aromatic N) is 2. The maximum Gasteiger partial charge on any atom is 0.410 e. The summed E-state index contributed by atoms with van der Waals surface area (Å²) in [5, 5.41) is 6.75. The molecule has 2 unspecified atom stereocenters. The minimum Gasteiger partial charge on any atom is -0.444 e. The molecule has 1 amide bonds. The summed E-state index contributed by atoms with van der Waals surface area (Å²) in [5.74, 6) is 1.34. The molecule has 0 saturated carbocycles. The van der Waals surface area contributed by atoms with Crippen molar-refractivity contribution in [1.82, 2.24) is 15.5 Å². The number of likely N-dealkylation sites (tertiary alicyclic amines) is 1. The van der Waals surface area contributed by atoms with E-state index < -0.39 is 5.60 Å². The average molecular weight is 524 g/mol. The predicted molar refractivity (Wildman–Crippen MR) is 128 cm³/mol. The van der Waals surface area contributed by atoms with Crippen LogP contribution in [0.25, 0.3) is 0 Å². The van der Waals surface area contributed by atoms with Gasteiger partial charge in [0.25, 0.3) is 0 Å². The van der Waals surface area contributed by atoms with Crippen LogP contribution in [0.2, 0.25) is 0 Å². The molecule has 0 aromatic carbocycles. The molecule has 2 heterocycles. The molecule has 2 aliphatic rings. The number of hydrogen-bond acceptors (Lipinski definition) is 4. The number of ether oxygens (including phenoxy) is 2. The van der Waals surface area contributed by atoms with Gasteiger partial charge < -0.3 is 25.0 Å². The SMILES string of the molecule is CCNC(=NCC1(C)CCCO1)NCCC1CCCN(C(=O)OC(C)(C)C)C1.I. The third-order valence-corrected chi connectivity index (χ3v) is 5.23. The molecule has 2 rings (SSSR count). The predicted octanol–water partition coefficient (Wildman–Crippen LogP) is 3.77. The standard InChI is InChI=1S/C21H40N4O3.HI/c1-6-22-18(24-16-21(5)11-8-14-27-21)23-12-10-17-9-7-13-25(15-17)19(26)28-20(2,3)4;/h17H,6-16H2,1-5H3,(H2,22,23,24);1H. The number of carbonyl (C=O) groups excluding carboxylic acids is 1. The summed E-state index contributed by atoms with van der Waals surface area (Å²) in [6.45, 7) is 14.7. The maximum absolute atomic E-state index is 12.3. The van der Waals surface area contributed by atoms with Crippen molar-refractivity contribution in [1.29, 1.82) is 0 Å². The number of halogens is 1. The van der Waals surface area contributed by atoms with Crippen molar-refractivity contribution in [3.05, 3.63) is 0 Å². The number of nitrogens with one attached hydrogen (secondary N) is 2. The summed E-state index contributed by atoms with van der Waals surface area (Å²) in [6.07, 6.45) is 5.20. The fourth-order valence-corrected chi connectivity index (χ4v) is 3.74. The van der Waals surface area contributed by atoms with Gasteiger partial charge in [0, 0.05) is 32.8 Å². The minimum atomic E-state index is -0.442. The lowest BCUT2D eigenvalue weighted by Gasteiger charge is -2.34. The van der Waals surface area contributed by atoms with E-state index in [0.717, 1.165) is 70.8 Å². The van der Waals surface area contributed by atoms with Crippen molar-refractivity contribution in [3.63, 3.8) is 0 Å². The van der Waals surface area contributed by atoms with Crippen LogP contribution >= 0.6 is 24.0 Å². The van der Waals surface area contributed by atoms with Gasteiger partial charge in [-0.05, 0) is 72.6 Å². The Balaban J connectivity index is 0.00000420. The van der Waals surface area contributed by atoms with Crippen LogP contribution < -0.4 is 10.6 Å².